The highest BCUT2D eigenvalue weighted by Gasteiger charge is 2.53. The van der Waals surface area contributed by atoms with Gasteiger partial charge in [0, 0.05) is 0 Å². The second-order valence-electron chi connectivity index (χ2n) is 4.59. The molecule has 0 radical (unpaired) electrons. The van der Waals surface area contributed by atoms with Crippen LogP contribution < -0.4 is 0 Å². The minimum Gasteiger partial charge on any atom is -0.0625 e. The van der Waals surface area contributed by atoms with E-state index in [1.807, 2.05) is 0 Å². The monoisotopic (exact) mass is 138 g/mol. The summed E-state index contributed by atoms with van der Waals surface area (Å²) in [6.45, 7) is 7.22. The van der Waals surface area contributed by atoms with Crippen LogP contribution in [0.4, 0.5) is 0 Å². The first kappa shape index (κ1) is 6.69. The zero-order chi connectivity index (χ0) is 7.30. The summed E-state index contributed by atoms with van der Waals surface area (Å²) in [5, 5.41) is 0. The van der Waals surface area contributed by atoms with E-state index in [1.165, 1.54) is 12.8 Å². The SMILES string of the molecule is CC(C)C1C(C)C2CCC21. The first-order valence-electron chi connectivity index (χ1n) is 4.72. The molecule has 58 valence electrons. The van der Waals surface area contributed by atoms with Crippen LogP contribution in [0.2, 0.25) is 0 Å². The molecule has 0 aromatic carbocycles. The predicted octanol–water partition coefficient (Wildman–Crippen LogP) is 2.93. The van der Waals surface area contributed by atoms with E-state index in [0.29, 0.717) is 0 Å². The Morgan fingerprint density at radius 1 is 1.10 bits per heavy atom. The lowest BCUT2D eigenvalue weighted by molar-refractivity contribution is -0.114. The Labute approximate surface area is 64.0 Å². The number of fused-ring (bicyclic) bond motifs is 1. The van der Waals surface area contributed by atoms with E-state index in [4.69, 9.17) is 0 Å². The smallest absolute Gasteiger partial charge is 0.0331 e. The quantitative estimate of drug-likeness (QED) is 0.522. The van der Waals surface area contributed by atoms with Crippen molar-refractivity contribution >= 4 is 0 Å². The van der Waals surface area contributed by atoms with Crippen LogP contribution in [0.3, 0.4) is 0 Å². The van der Waals surface area contributed by atoms with Crippen LogP contribution in [0.25, 0.3) is 0 Å². The van der Waals surface area contributed by atoms with Crippen LogP contribution in [0.1, 0.15) is 33.6 Å². The molecule has 0 aromatic rings. The van der Waals surface area contributed by atoms with Crippen LogP contribution in [-0.4, -0.2) is 0 Å². The highest BCUT2D eigenvalue weighted by Crippen LogP contribution is 2.60. The van der Waals surface area contributed by atoms with E-state index < -0.39 is 0 Å². The first-order valence-corrected chi connectivity index (χ1v) is 4.72. The summed E-state index contributed by atoms with van der Waals surface area (Å²) in [7, 11) is 0. The fourth-order valence-electron chi connectivity index (χ4n) is 3.31. The van der Waals surface area contributed by atoms with Crippen LogP contribution in [0.5, 0.6) is 0 Å². The fraction of sp³-hybridized carbons (Fsp3) is 1.00. The molecular formula is C10H18. The minimum absolute atomic E-state index is 0.941. The molecule has 2 saturated carbocycles. The van der Waals surface area contributed by atoms with Crippen LogP contribution in [0, 0.1) is 29.6 Å². The van der Waals surface area contributed by atoms with E-state index >= 15 is 0 Å². The van der Waals surface area contributed by atoms with Gasteiger partial charge in [-0.3, -0.25) is 0 Å². The fourth-order valence-corrected chi connectivity index (χ4v) is 3.31. The molecule has 0 bridgehead atoms. The summed E-state index contributed by atoms with van der Waals surface area (Å²) in [5.74, 6) is 5.37. The average molecular weight is 138 g/mol. The Bertz CT molecular complexity index is 131. The molecule has 0 spiro atoms. The van der Waals surface area contributed by atoms with Crippen molar-refractivity contribution in [1.82, 2.24) is 0 Å². The van der Waals surface area contributed by atoms with Gasteiger partial charge in [0.15, 0.2) is 0 Å². The molecule has 2 rings (SSSR count). The second kappa shape index (κ2) is 1.99. The Hall–Kier alpha value is 0. The molecule has 2 aliphatic rings. The van der Waals surface area contributed by atoms with Gasteiger partial charge in [-0.25, -0.2) is 0 Å². The van der Waals surface area contributed by atoms with Crippen molar-refractivity contribution in [3.8, 4) is 0 Å². The molecule has 0 nitrogen and oxygen atoms in total. The molecular weight excluding hydrogens is 120 g/mol. The van der Waals surface area contributed by atoms with Crippen LogP contribution in [-0.2, 0) is 0 Å². The topological polar surface area (TPSA) is 0 Å². The molecule has 10 heavy (non-hydrogen) atoms. The Morgan fingerprint density at radius 2 is 1.70 bits per heavy atom. The van der Waals surface area contributed by atoms with Crippen molar-refractivity contribution in [2.45, 2.75) is 33.6 Å². The Morgan fingerprint density at radius 3 is 1.90 bits per heavy atom. The van der Waals surface area contributed by atoms with Gasteiger partial charge in [-0.1, -0.05) is 20.8 Å². The van der Waals surface area contributed by atoms with Crippen molar-refractivity contribution in [3.63, 3.8) is 0 Å². The van der Waals surface area contributed by atoms with Crippen LogP contribution in [0.15, 0.2) is 0 Å². The van der Waals surface area contributed by atoms with E-state index in [0.717, 1.165) is 29.6 Å². The van der Waals surface area contributed by atoms with Crippen molar-refractivity contribution < 1.29 is 0 Å². The lowest BCUT2D eigenvalue weighted by atomic mass is 9.45. The summed E-state index contributed by atoms with van der Waals surface area (Å²) in [6, 6.07) is 0. The molecule has 0 amide bonds. The average Bonchev–Trinajstić information content (AvgIpc) is 1.79. The lowest BCUT2D eigenvalue weighted by Gasteiger charge is -2.60. The lowest BCUT2D eigenvalue weighted by Crippen LogP contribution is -2.53. The summed E-state index contributed by atoms with van der Waals surface area (Å²) in [5.41, 5.74) is 0. The van der Waals surface area contributed by atoms with Crippen molar-refractivity contribution in [2.24, 2.45) is 29.6 Å². The normalized spacial score (nSPS) is 51.6. The van der Waals surface area contributed by atoms with Gasteiger partial charge in [-0.15, -0.1) is 0 Å². The maximum absolute atomic E-state index is 2.45. The Kier molecular flexibility index (Phi) is 1.33. The summed E-state index contributed by atoms with van der Waals surface area (Å²) in [6.07, 6.45) is 3.08. The molecule has 4 atom stereocenters. The molecule has 0 heterocycles. The molecule has 0 N–H and O–H groups in total. The maximum atomic E-state index is 2.45. The molecule has 0 aliphatic heterocycles. The van der Waals surface area contributed by atoms with Gasteiger partial charge in [-0.05, 0) is 42.4 Å². The molecule has 4 unspecified atom stereocenters. The summed E-state index contributed by atoms with van der Waals surface area (Å²) >= 11 is 0. The van der Waals surface area contributed by atoms with Gasteiger partial charge in [0.2, 0.25) is 0 Å². The van der Waals surface area contributed by atoms with Crippen molar-refractivity contribution in [3.05, 3.63) is 0 Å². The summed E-state index contributed by atoms with van der Waals surface area (Å²) in [4.78, 5) is 0. The van der Waals surface area contributed by atoms with Gasteiger partial charge >= 0.3 is 0 Å². The predicted molar refractivity (Wildman–Crippen MR) is 43.7 cm³/mol. The molecule has 0 aromatic heterocycles. The largest absolute Gasteiger partial charge is 0.0625 e. The van der Waals surface area contributed by atoms with Gasteiger partial charge in [0.1, 0.15) is 0 Å². The second-order valence-corrected chi connectivity index (χ2v) is 4.59. The third-order valence-corrected chi connectivity index (χ3v) is 3.93. The zero-order valence-corrected chi connectivity index (χ0v) is 7.30. The van der Waals surface area contributed by atoms with Crippen molar-refractivity contribution in [2.75, 3.05) is 0 Å². The molecule has 2 fully saturated rings. The van der Waals surface area contributed by atoms with Gasteiger partial charge in [0.05, 0.1) is 0 Å². The van der Waals surface area contributed by atoms with E-state index in [9.17, 15) is 0 Å². The minimum atomic E-state index is 0.941. The van der Waals surface area contributed by atoms with Gasteiger partial charge in [-0.2, -0.15) is 0 Å². The molecule has 0 saturated heterocycles. The summed E-state index contributed by atoms with van der Waals surface area (Å²) < 4.78 is 0. The number of hydrogen-bond acceptors (Lipinski definition) is 0. The van der Waals surface area contributed by atoms with E-state index in [1.54, 1.807) is 0 Å². The van der Waals surface area contributed by atoms with Crippen molar-refractivity contribution in [1.29, 1.82) is 0 Å². The van der Waals surface area contributed by atoms with Gasteiger partial charge in [0.25, 0.3) is 0 Å². The zero-order valence-electron chi connectivity index (χ0n) is 7.30. The highest BCUT2D eigenvalue weighted by molar-refractivity contribution is 5.01. The standard InChI is InChI=1S/C10H18/c1-6(2)10-7(3)8-4-5-9(8)10/h6-10H,4-5H2,1-3H3. The maximum Gasteiger partial charge on any atom is -0.0331 e. The number of hydrogen-bond donors (Lipinski definition) is 0. The van der Waals surface area contributed by atoms with E-state index in [2.05, 4.69) is 20.8 Å². The van der Waals surface area contributed by atoms with Gasteiger partial charge < -0.3 is 0 Å². The molecule has 0 heteroatoms. The van der Waals surface area contributed by atoms with Crippen LogP contribution >= 0.6 is 0 Å². The van der Waals surface area contributed by atoms with E-state index in [-0.39, 0.29) is 0 Å². The Balaban J connectivity index is 1.99. The third kappa shape index (κ3) is 0.627. The molecule has 2 aliphatic carbocycles. The number of rotatable bonds is 1. The highest BCUT2D eigenvalue weighted by atomic mass is 14.6. The third-order valence-electron chi connectivity index (χ3n) is 3.93. The first-order chi connectivity index (χ1) is 4.72.